The van der Waals surface area contributed by atoms with Crippen LogP contribution >= 0.6 is 0 Å². The molecule has 0 spiro atoms. The Morgan fingerprint density at radius 3 is 2.74 bits per heavy atom. The van der Waals surface area contributed by atoms with E-state index in [4.69, 9.17) is 5.11 Å². The average molecular weight is 270 g/mol. The highest BCUT2D eigenvalue weighted by molar-refractivity contribution is 5.74. The molecule has 0 aliphatic carbocycles. The number of unbranched alkanes of at least 4 members (excludes halogenated alkanes) is 1. The van der Waals surface area contributed by atoms with Gasteiger partial charge in [0.2, 0.25) is 0 Å². The van der Waals surface area contributed by atoms with Crippen molar-refractivity contribution < 1.29 is 14.7 Å². The minimum Gasteiger partial charge on any atom is -0.481 e. The van der Waals surface area contributed by atoms with Crippen LogP contribution < -0.4 is 5.32 Å². The Hall–Kier alpha value is -1.26. The molecule has 1 unspecified atom stereocenters. The van der Waals surface area contributed by atoms with E-state index in [1.807, 2.05) is 0 Å². The van der Waals surface area contributed by atoms with Crippen molar-refractivity contribution in [2.45, 2.75) is 46.0 Å². The molecule has 5 nitrogen and oxygen atoms in total. The number of urea groups is 1. The van der Waals surface area contributed by atoms with Crippen LogP contribution in [0, 0.1) is 11.8 Å². The minimum absolute atomic E-state index is 0.0440. The molecule has 5 heteroatoms. The number of likely N-dealkylation sites (tertiary alicyclic amines) is 1. The number of carboxylic acid groups (broad SMARTS) is 1. The molecule has 0 aromatic heterocycles. The first-order chi connectivity index (χ1) is 8.99. The van der Waals surface area contributed by atoms with Crippen LogP contribution in [0.5, 0.6) is 0 Å². The second-order valence-electron chi connectivity index (χ2n) is 5.82. The molecule has 1 aliphatic heterocycles. The number of amides is 2. The largest absolute Gasteiger partial charge is 0.481 e. The molecular formula is C14H26N2O3. The molecule has 19 heavy (non-hydrogen) atoms. The van der Waals surface area contributed by atoms with Gasteiger partial charge in [-0.05, 0) is 24.7 Å². The maximum atomic E-state index is 11.8. The van der Waals surface area contributed by atoms with Gasteiger partial charge in [-0.25, -0.2) is 4.79 Å². The summed E-state index contributed by atoms with van der Waals surface area (Å²) < 4.78 is 0. The third-order valence-electron chi connectivity index (χ3n) is 3.52. The van der Waals surface area contributed by atoms with Crippen molar-refractivity contribution >= 4 is 12.0 Å². The zero-order chi connectivity index (χ0) is 14.3. The predicted molar refractivity (Wildman–Crippen MR) is 74.0 cm³/mol. The summed E-state index contributed by atoms with van der Waals surface area (Å²) in [5.74, 6) is 0.0520. The maximum Gasteiger partial charge on any atom is 0.317 e. The molecule has 1 rings (SSSR count). The van der Waals surface area contributed by atoms with Gasteiger partial charge in [0, 0.05) is 26.1 Å². The molecule has 2 amide bonds. The summed E-state index contributed by atoms with van der Waals surface area (Å²) in [7, 11) is 0. The summed E-state index contributed by atoms with van der Waals surface area (Å²) in [5, 5.41) is 11.6. The summed E-state index contributed by atoms with van der Waals surface area (Å²) >= 11 is 0. The van der Waals surface area contributed by atoms with Crippen LogP contribution in [0.15, 0.2) is 0 Å². The Balaban J connectivity index is 2.12. The Labute approximate surface area is 115 Å². The van der Waals surface area contributed by atoms with Crippen LogP contribution in [0.2, 0.25) is 0 Å². The standard InChI is InChI=1S/C14H26N2O3/c1-11(2)5-3-4-7-15-14(19)16-8-6-12(10-16)9-13(17)18/h11-12H,3-10H2,1-2H3,(H,15,19)(H,17,18). The Morgan fingerprint density at radius 1 is 1.37 bits per heavy atom. The fourth-order valence-corrected chi connectivity index (χ4v) is 2.42. The molecule has 0 bridgehead atoms. The lowest BCUT2D eigenvalue weighted by Crippen LogP contribution is -2.39. The number of hydrogen-bond donors (Lipinski definition) is 2. The Bertz CT molecular complexity index is 305. The number of rotatable bonds is 7. The van der Waals surface area contributed by atoms with E-state index in [0.717, 1.165) is 19.3 Å². The summed E-state index contributed by atoms with van der Waals surface area (Å²) in [6.45, 7) is 6.36. The van der Waals surface area contributed by atoms with Gasteiger partial charge >= 0.3 is 12.0 Å². The highest BCUT2D eigenvalue weighted by atomic mass is 16.4. The molecule has 0 aromatic carbocycles. The molecule has 0 aromatic rings. The van der Waals surface area contributed by atoms with Gasteiger partial charge in [0.1, 0.15) is 0 Å². The highest BCUT2D eigenvalue weighted by Gasteiger charge is 2.27. The second-order valence-corrected chi connectivity index (χ2v) is 5.82. The van der Waals surface area contributed by atoms with Gasteiger partial charge in [0.15, 0.2) is 0 Å². The van der Waals surface area contributed by atoms with E-state index in [1.165, 1.54) is 6.42 Å². The second kappa shape index (κ2) is 8.02. The smallest absolute Gasteiger partial charge is 0.317 e. The molecule has 1 saturated heterocycles. The lowest BCUT2D eigenvalue weighted by molar-refractivity contribution is -0.138. The van der Waals surface area contributed by atoms with E-state index in [-0.39, 0.29) is 18.4 Å². The van der Waals surface area contributed by atoms with Crippen molar-refractivity contribution in [3.05, 3.63) is 0 Å². The first-order valence-corrected chi connectivity index (χ1v) is 7.23. The van der Waals surface area contributed by atoms with Gasteiger partial charge in [-0.15, -0.1) is 0 Å². The number of carboxylic acids is 1. The fourth-order valence-electron chi connectivity index (χ4n) is 2.42. The van der Waals surface area contributed by atoms with Crippen molar-refractivity contribution in [1.82, 2.24) is 10.2 Å². The quantitative estimate of drug-likeness (QED) is 0.697. The highest BCUT2D eigenvalue weighted by Crippen LogP contribution is 2.19. The molecule has 0 radical (unpaired) electrons. The molecular weight excluding hydrogens is 244 g/mol. The van der Waals surface area contributed by atoms with Crippen LogP contribution in [-0.4, -0.2) is 41.6 Å². The molecule has 1 heterocycles. The van der Waals surface area contributed by atoms with Crippen molar-refractivity contribution in [3.8, 4) is 0 Å². The van der Waals surface area contributed by atoms with E-state index in [9.17, 15) is 9.59 Å². The zero-order valence-electron chi connectivity index (χ0n) is 12.0. The molecule has 1 atom stereocenters. The number of nitrogens with one attached hydrogen (secondary N) is 1. The van der Waals surface area contributed by atoms with Crippen molar-refractivity contribution in [3.63, 3.8) is 0 Å². The third kappa shape index (κ3) is 6.45. The van der Waals surface area contributed by atoms with Crippen LogP contribution in [-0.2, 0) is 4.79 Å². The fraction of sp³-hybridized carbons (Fsp3) is 0.857. The van der Waals surface area contributed by atoms with Gasteiger partial charge in [-0.2, -0.15) is 0 Å². The third-order valence-corrected chi connectivity index (χ3v) is 3.52. The minimum atomic E-state index is -0.777. The summed E-state index contributed by atoms with van der Waals surface area (Å²) in [4.78, 5) is 24.2. The average Bonchev–Trinajstić information content (AvgIpc) is 2.75. The maximum absolute atomic E-state index is 11.8. The first-order valence-electron chi connectivity index (χ1n) is 7.23. The van der Waals surface area contributed by atoms with E-state index < -0.39 is 5.97 Å². The molecule has 110 valence electrons. The van der Waals surface area contributed by atoms with Crippen molar-refractivity contribution in [2.24, 2.45) is 11.8 Å². The van der Waals surface area contributed by atoms with Crippen molar-refractivity contribution in [2.75, 3.05) is 19.6 Å². The molecule has 1 aliphatic rings. The number of carbonyl (C=O) groups excluding carboxylic acids is 1. The zero-order valence-corrected chi connectivity index (χ0v) is 12.0. The van der Waals surface area contributed by atoms with E-state index in [0.29, 0.717) is 25.6 Å². The summed E-state index contributed by atoms with van der Waals surface area (Å²) in [5.41, 5.74) is 0. The SMILES string of the molecule is CC(C)CCCCNC(=O)N1CCC(CC(=O)O)C1. The monoisotopic (exact) mass is 270 g/mol. The first kappa shape index (κ1) is 15.8. The van der Waals surface area contributed by atoms with Crippen LogP contribution in [0.3, 0.4) is 0 Å². The van der Waals surface area contributed by atoms with Gasteiger partial charge in [-0.1, -0.05) is 26.7 Å². The van der Waals surface area contributed by atoms with Crippen LogP contribution in [0.1, 0.15) is 46.0 Å². The predicted octanol–water partition coefficient (Wildman–Crippen LogP) is 2.32. The van der Waals surface area contributed by atoms with Crippen molar-refractivity contribution in [1.29, 1.82) is 0 Å². The van der Waals surface area contributed by atoms with Gasteiger partial charge in [-0.3, -0.25) is 4.79 Å². The van der Waals surface area contributed by atoms with Crippen LogP contribution in [0.4, 0.5) is 4.79 Å². The van der Waals surface area contributed by atoms with Gasteiger partial charge < -0.3 is 15.3 Å². The molecule has 0 saturated carbocycles. The number of carbonyl (C=O) groups is 2. The summed E-state index contributed by atoms with van der Waals surface area (Å²) in [6.07, 6.45) is 4.31. The topological polar surface area (TPSA) is 69.6 Å². The van der Waals surface area contributed by atoms with E-state index in [2.05, 4.69) is 19.2 Å². The number of nitrogens with zero attached hydrogens (tertiary/aromatic N) is 1. The molecule has 1 fully saturated rings. The normalized spacial score (nSPS) is 18.9. The molecule has 2 N–H and O–H groups in total. The Kier molecular flexibility index (Phi) is 6.67. The number of aliphatic carboxylic acids is 1. The number of hydrogen-bond acceptors (Lipinski definition) is 2. The van der Waals surface area contributed by atoms with Crippen LogP contribution in [0.25, 0.3) is 0 Å². The van der Waals surface area contributed by atoms with Gasteiger partial charge in [0.05, 0.1) is 0 Å². The lowest BCUT2D eigenvalue weighted by Gasteiger charge is -2.17. The summed E-state index contributed by atoms with van der Waals surface area (Å²) in [6, 6.07) is -0.0440. The van der Waals surface area contributed by atoms with E-state index in [1.54, 1.807) is 4.90 Å². The van der Waals surface area contributed by atoms with E-state index >= 15 is 0 Å². The lowest BCUT2D eigenvalue weighted by atomic mass is 10.1. The van der Waals surface area contributed by atoms with Gasteiger partial charge in [0.25, 0.3) is 0 Å². The Morgan fingerprint density at radius 2 is 2.11 bits per heavy atom.